The van der Waals surface area contributed by atoms with Crippen LogP contribution in [0.1, 0.15) is 30.9 Å². The third-order valence-electron chi connectivity index (χ3n) is 6.21. The first-order chi connectivity index (χ1) is 15.5. The van der Waals surface area contributed by atoms with Crippen LogP contribution in [0.25, 0.3) is 33.2 Å². The topological polar surface area (TPSA) is 97.9 Å². The van der Waals surface area contributed by atoms with E-state index in [4.69, 9.17) is 10.1 Å². The summed E-state index contributed by atoms with van der Waals surface area (Å²) in [4.78, 5) is 18.0. The second kappa shape index (κ2) is 8.33. The second-order valence-electron chi connectivity index (χ2n) is 8.60. The molecule has 0 radical (unpaired) electrons. The Hall–Kier alpha value is -3.29. The number of benzene rings is 2. The fourth-order valence-corrected chi connectivity index (χ4v) is 4.63. The van der Waals surface area contributed by atoms with Gasteiger partial charge in [-0.15, -0.1) is 0 Å². The summed E-state index contributed by atoms with van der Waals surface area (Å²) in [5.74, 6) is -0.548. The van der Waals surface area contributed by atoms with Crippen molar-refractivity contribution in [1.29, 1.82) is 5.41 Å². The SMILES string of the molecule is CC(=N)C(C(C)=O)c1ccc2[nH]nc(-c3cc4cc(CN5CCOCC5)ccc4[nH]3)c2c1. The van der Waals surface area contributed by atoms with Gasteiger partial charge in [0.15, 0.2) is 0 Å². The van der Waals surface area contributed by atoms with Crippen molar-refractivity contribution in [3.8, 4) is 11.4 Å². The van der Waals surface area contributed by atoms with Crippen molar-refractivity contribution in [1.82, 2.24) is 20.1 Å². The van der Waals surface area contributed by atoms with Crippen molar-refractivity contribution in [2.75, 3.05) is 26.3 Å². The summed E-state index contributed by atoms with van der Waals surface area (Å²) in [5, 5.41) is 17.8. The molecule has 4 aromatic rings. The molecular weight excluding hydrogens is 402 g/mol. The van der Waals surface area contributed by atoms with Crippen molar-refractivity contribution in [3.63, 3.8) is 0 Å². The number of fused-ring (bicyclic) bond motifs is 2. The number of hydrogen-bond donors (Lipinski definition) is 3. The molecule has 5 rings (SSSR count). The minimum Gasteiger partial charge on any atom is -0.379 e. The number of aromatic nitrogens is 3. The normalized spacial score (nSPS) is 15.9. The largest absolute Gasteiger partial charge is 0.379 e. The maximum absolute atomic E-state index is 12.1. The average molecular weight is 430 g/mol. The van der Waals surface area contributed by atoms with Gasteiger partial charge in [-0.3, -0.25) is 14.8 Å². The molecule has 1 aliphatic heterocycles. The van der Waals surface area contributed by atoms with Crippen LogP contribution in [0.5, 0.6) is 0 Å². The lowest BCUT2D eigenvalue weighted by atomic mass is 9.90. The van der Waals surface area contributed by atoms with Gasteiger partial charge in [0.2, 0.25) is 0 Å². The molecule has 164 valence electrons. The predicted molar refractivity (Wildman–Crippen MR) is 126 cm³/mol. The summed E-state index contributed by atoms with van der Waals surface area (Å²) < 4.78 is 5.45. The van der Waals surface area contributed by atoms with Gasteiger partial charge in [-0.1, -0.05) is 12.1 Å². The summed E-state index contributed by atoms with van der Waals surface area (Å²) in [6.07, 6.45) is 0. The summed E-state index contributed by atoms with van der Waals surface area (Å²) in [6.45, 7) is 7.67. The Morgan fingerprint density at radius 2 is 1.91 bits per heavy atom. The van der Waals surface area contributed by atoms with Gasteiger partial charge in [-0.05, 0) is 55.3 Å². The van der Waals surface area contributed by atoms with Crippen LogP contribution in [0.15, 0.2) is 42.5 Å². The maximum Gasteiger partial charge on any atom is 0.142 e. The summed E-state index contributed by atoms with van der Waals surface area (Å²) >= 11 is 0. The number of carbonyl (C=O) groups is 1. The minimum absolute atomic E-state index is 0.0275. The average Bonchev–Trinajstić information content (AvgIpc) is 3.37. The number of ether oxygens (including phenoxy) is 1. The van der Waals surface area contributed by atoms with E-state index in [1.807, 2.05) is 18.2 Å². The molecule has 0 spiro atoms. The van der Waals surface area contributed by atoms with Crippen molar-refractivity contribution >= 4 is 33.3 Å². The van der Waals surface area contributed by atoms with Crippen molar-refractivity contribution in [3.05, 3.63) is 53.6 Å². The van der Waals surface area contributed by atoms with Gasteiger partial charge in [-0.2, -0.15) is 5.10 Å². The van der Waals surface area contributed by atoms with Crippen LogP contribution in [-0.4, -0.2) is 57.9 Å². The van der Waals surface area contributed by atoms with Gasteiger partial charge >= 0.3 is 0 Å². The molecule has 1 atom stereocenters. The zero-order valence-electron chi connectivity index (χ0n) is 18.4. The summed E-state index contributed by atoms with van der Waals surface area (Å²) in [7, 11) is 0. The number of morpholine rings is 1. The standard InChI is InChI=1S/C25H27N5O2/c1-15(26)24(16(2)31)18-4-6-22-20(12-18)25(29-28-22)23-13-19-11-17(3-5-21(19)27-23)14-30-7-9-32-10-8-30/h3-6,11-13,24,26-27H,7-10,14H2,1-2H3,(H,28,29). The first-order valence-corrected chi connectivity index (χ1v) is 11.0. The van der Waals surface area contributed by atoms with Crippen molar-refractivity contribution < 1.29 is 9.53 Å². The van der Waals surface area contributed by atoms with Gasteiger partial charge < -0.3 is 15.1 Å². The molecule has 1 aliphatic rings. The third-order valence-corrected chi connectivity index (χ3v) is 6.21. The molecule has 1 fully saturated rings. The molecule has 1 saturated heterocycles. The Balaban J connectivity index is 1.50. The van der Waals surface area contributed by atoms with E-state index in [9.17, 15) is 4.79 Å². The van der Waals surface area contributed by atoms with Crippen LogP contribution in [0.3, 0.4) is 0 Å². The number of carbonyl (C=O) groups excluding carboxylic acids is 1. The van der Waals surface area contributed by atoms with E-state index in [1.165, 1.54) is 12.5 Å². The molecule has 2 aromatic carbocycles. The quantitative estimate of drug-likeness (QED) is 0.399. The zero-order chi connectivity index (χ0) is 22.2. The van der Waals surface area contributed by atoms with E-state index < -0.39 is 5.92 Å². The smallest absolute Gasteiger partial charge is 0.142 e. The Bertz CT molecular complexity index is 1300. The van der Waals surface area contributed by atoms with Crippen molar-refractivity contribution in [2.45, 2.75) is 26.3 Å². The Labute approximate surface area is 186 Å². The number of nitrogens with zero attached hydrogens (tertiary/aromatic N) is 2. The van der Waals surface area contributed by atoms with Crippen LogP contribution in [0.2, 0.25) is 0 Å². The highest BCUT2D eigenvalue weighted by Crippen LogP contribution is 2.31. The number of ketones is 1. The lowest BCUT2D eigenvalue weighted by Crippen LogP contribution is -2.35. The van der Waals surface area contributed by atoms with Gasteiger partial charge in [-0.25, -0.2) is 0 Å². The lowest BCUT2D eigenvalue weighted by molar-refractivity contribution is -0.117. The van der Waals surface area contributed by atoms with E-state index in [0.717, 1.165) is 71.6 Å². The number of H-pyrrole nitrogens is 2. The van der Waals surface area contributed by atoms with E-state index in [1.54, 1.807) is 6.92 Å². The molecule has 2 aromatic heterocycles. The molecule has 3 N–H and O–H groups in total. The Kier molecular flexibility index (Phi) is 5.36. The Morgan fingerprint density at radius 1 is 1.12 bits per heavy atom. The van der Waals surface area contributed by atoms with E-state index in [0.29, 0.717) is 5.71 Å². The molecule has 1 unspecified atom stereocenters. The Morgan fingerprint density at radius 3 is 2.66 bits per heavy atom. The zero-order valence-corrected chi connectivity index (χ0v) is 18.4. The first kappa shape index (κ1) is 20.6. The third kappa shape index (κ3) is 3.85. The predicted octanol–water partition coefficient (Wildman–Crippen LogP) is 4.26. The monoisotopic (exact) mass is 429 g/mol. The molecule has 7 nitrogen and oxygen atoms in total. The summed E-state index contributed by atoms with van der Waals surface area (Å²) in [6, 6.07) is 14.5. The molecule has 3 heterocycles. The molecule has 0 saturated carbocycles. The van der Waals surface area contributed by atoms with Crippen LogP contribution in [0, 0.1) is 5.41 Å². The molecule has 0 aliphatic carbocycles. The van der Waals surface area contributed by atoms with Gasteiger partial charge in [0.05, 0.1) is 30.3 Å². The number of nitrogens with one attached hydrogen (secondary N) is 3. The highest BCUT2D eigenvalue weighted by Gasteiger charge is 2.21. The number of hydrogen-bond acceptors (Lipinski definition) is 5. The van der Waals surface area contributed by atoms with E-state index in [2.05, 4.69) is 44.3 Å². The molecule has 7 heteroatoms. The second-order valence-corrected chi connectivity index (χ2v) is 8.60. The van der Waals surface area contributed by atoms with Gasteiger partial charge in [0, 0.05) is 41.6 Å². The van der Waals surface area contributed by atoms with Crippen molar-refractivity contribution in [2.24, 2.45) is 0 Å². The number of rotatable bonds is 6. The molecular formula is C25H27N5O2. The fourth-order valence-electron chi connectivity index (χ4n) is 4.63. The van der Waals surface area contributed by atoms with E-state index >= 15 is 0 Å². The number of aromatic amines is 2. The van der Waals surface area contributed by atoms with Crippen LogP contribution < -0.4 is 0 Å². The lowest BCUT2D eigenvalue weighted by Gasteiger charge is -2.26. The highest BCUT2D eigenvalue weighted by molar-refractivity contribution is 6.08. The van der Waals surface area contributed by atoms with Crippen LogP contribution >= 0.6 is 0 Å². The highest BCUT2D eigenvalue weighted by atomic mass is 16.5. The fraction of sp³-hybridized carbons (Fsp3) is 0.320. The van der Waals surface area contributed by atoms with Crippen LogP contribution in [0.4, 0.5) is 0 Å². The summed E-state index contributed by atoms with van der Waals surface area (Å²) in [5.41, 5.74) is 6.17. The van der Waals surface area contributed by atoms with Gasteiger partial charge in [0.1, 0.15) is 11.5 Å². The molecule has 0 amide bonds. The number of Topliss-reactive ketones (excluding diaryl/α,β-unsaturated/α-hetero) is 1. The van der Waals surface area contributed by atoms with Crippen LogP contribution in [-0.2, 0) is 16.1 Å². The van der Waals surface area contributed by atoms with Gasteiger partial charge in [0.25, 0.3) is 0 Å². The maximum atomic E-state index is 12.1. The molecule has 32 heavy (non-hydrogen) atoms. The molecule has 0 bridgehead atoms. The first-order valence-electron chi connectivity index (χ1n) is 11.0. The van der Waals surface area contributed by atoms with E-state index in [-0.39, 0.29) is 5.78 Å². The minimum atomic E-state index is -0.521.